The Labute approximate surface area is 76.8 Å². The lowest BCUT2D eigenvalue weighted by Crippen LogP contribution is -2.39. The summed E-state index contributed by atoms with van der Waals surface area (Å²) < 4.78 is 0.487. The lowest BCUT2D eigenvalue weighted by molar-refractivity contribution is -0.749. The van der Waals surface area contributed by atoms with Crippen LogP contribution in [0.3, 0.4) is 0 Å². The summed E-state index contributed by atoms with van der Waals surface area (Å²) in [4.78, 5) is 14.5. The number of hydrogen-bond acceptors (Lipinski definition) is 3. The average Bonchev–Trinajstić information content (AvgIpc) is 2.30. The number of hydrogen-bond donors (Lipinski definition) is 2. The summed E-state index contributed by atoms with van der Waals surface area (Å²) >= 11 is 0. The Bertz CT molecular complexity index is 281. The maximum Gasteiger partial charge on any atom is 0.321 e. The number of carboxylic acid groups (broad SMARTS) is 1. The van der Waals surface area contributed by atoms with Crippen molar-refractivity contribution in [2.75, 3.05) is 14.1 Å². The Kier molecular flexibility index (Phi) is 2.49. The van der Waals surface area contributed by atoms with E-state index in [-0.39, 0.29) is 0 Å². The molecule has 5 nitrogen and oxygen atoms in total. The monoisotopic (exact) mass is 184 g/mol. The molecule has 0 amide bonds. The summed E-state index contributed by atoms with van der Waals surface area (Å²) in [6.45, 7) is 0. The fourth-order valence-electron chi connectivity index (χ4n) is 1.11. The molecule has 1 heterocycles. The second-order valence-electron chi connectivity index (χ2n) is 3.57. The van der Waals surface area contributed by atoms with Gasteiger partial charge >= 0.3 is 5.97 Å². The Morgan fingerprint density at radius 1 is 1.77 bits per heavy atom. The first-order valence-corrected chi connectivity index (χ1v) is 3.99. The van der Waals surface area contributed by atoms with E-state index in [4.69, 9.17) is 10.8 Å². The number of aliphatic imine (C=N–C) groups is 1. The summed E-state index contributed by atoms with van der Waals surface area (Å²) in [5, 5.41) is 8.61. The minimum atomic E-state index is -0.979. The van der Waals surface area contributed by atoms with Crippen molar-refractivity contribution in [1.82, 2.24) is 0 Å². The third kappa shape index (κ3) is 2.13. The van der Waals surface area contributed by atoms with Crippen LogP contribution in [0, 0.1) is 0 Å². The van der Waals surface area contributed by atoms with Crippen LogP contribution in [0.5, 0.6) is 0 Å². The summed E-state index contributed by atoms with van der Waals surface area (Å²) in [7, 11) is 3.85. The van der Waals surface area contributed by atoms with E-state index in [9.17, 15) is 4.79 Å². The first-order chi connectivity index (χ1) is 5.93. The molecule has 13 heavy (non-hydrogen) atoms. The van der Waals surface area contributed by atoms with Crippen molar-refractivity contribution >= 4 is 12.3 Å². The van der Waals surface area contributed by atoms with E-state index in [2.05, 4.69) is 4.99 Å². The van der Waals surface area contributed by atoms with Gasteiger partial charge in [0.15, 0.2) is 6.34 Å². The molecule has 0 unspecified atom stereocenters. The number of carbonyl (C=O) groups is 1. The maximum absolute atomic E-state index is 10.5. The fourth-order valence-corrected chi connectivity index (χ4v) is 1.11. The molecular formula is C8H14N3O2+. The molecule has 5 heteroatoms. The van der Waals surface area contributed by atoms with Gasteiger partial charge in [-0.25, -0.2) is 4.99 Å². The van der Waals surface area contributed by atoms with Crippen molar-refractivity contribution < 1.29 is 14.4 Å². The average molecular weight is 184 g/mol. The molecule has 1 aliphatic rings. The highest BCUT2D eigenvalue weighted by atomic mass is 16.4. The highest BCUT2D eigenvalue weighted by Crippen LogP contribution is 2.19. The molecular weight excluding hydrogens is 170 g/mol. The molecule has 0 aliphatic carbocycles. The van der Waals surface area contributed by atoms with Crippen molar-refractivity contribution in [1.29, 1.82) is 0 Å². The van der Waals surface area contributed by atoms with Crippen molar-refractivity contribution in [2.24, 2.45) is 10.7 Å². The molecule has 0 bridgehead atoms. The molecule has 1 aliphatic heterocycles. The quantitative estimate of drug-likeness (QED) is 0.594. The van der Waals surface area contributed by atoms with Crippen LogP contribution in [0.4, 0.5) is 0 Å². The standard InChI is InChI=1S/C8H13N3O2/c1-11(2)5-10-4-6(11)3-7(9)8(12)13/h4-5,7H,3,9H2,1-2H3/p+1/t7-/m0/s1. The van der Waals surface area contributed by atoms with Crippen LogP contribution in [0.15, 0.2) is 16.9 Å². The SMILES string of the molecule is C[N+]1(C)C=NC=C1C[C@H](N)C(=O)O. The van der Waals surface area contributed by atoms with Gasteiger partial charge in [-0.2, -0.15) is 0 Å². The third-order valence-electron chi connectivity index (χ3n) is 2.07. The highest BCUT2D eigenvalue weighted by molar-refractivity contribution is 5.73. The molecule has 0 aromatic rings. The summed E-state index contributed by atoms with van der Waals surface area (Å²) in [5.74, 6) is -0.979. The van der Waals surface area contributed by atoms with Gasteiger partial charge in [0.25, 0.3) is 0 Å². The van der Waals surface area contributed by atoms with Crippen molar-refractivity contribution in [2.45, 2.75) is 12.5 Å². The van der Waals surface area contributed by atoms with Crippen molar-refractivity contribution in [3.63, 3.8) is 0 Å². The van der Waals surface area contributed by atoms with Crippen LogP contribution >= 0.6 is 0 Å². The Hall–Kier alpha value is -1.20. The van der Waals surface area contributed by atoms with Crippen LogP contribution in [0.2, 0.25) is 0 Å². The molecule has 72 valence electrons. The normalized spacial score (nSPS) is 21.3. The maximum atomic E-state index is 10.5. The van der Waals surface area contributed by atoms with E-state index in [1.807, 2.05) is 14.1 Å². The van der Waals surface area contributed by atoms with Gasteiger partial charge in [0, 0.05) is 0 Å². The van der Waals surface area contributed by atoms with Gasteiger partial charge in [0.1, 0.15) is 11.7 Å². The van der Waals surface area contributed by atoms with Crippen molar-refractivity contribution in [3.05, 3.63) is 11.9 Å². The molecule has 1 rings (SSSR count). The molecule has 0 saturated carbocycles. The zero-order valence-corrected chi connectivity index (χ0v) is 7.77. The largest absolute Gasteiger partial charge is 0.480 e. The predicted octanol–water partition coefficient (Wildman–Crippen LogP) is -0.252. The third-order valence-corrected chi connectivity index (χ3v) is 2.07. The molecule has 0 fully saturated rings. The van der Waals surface area contributed by atoms with Gasteiger partial charge in [-0.3, -0.25) is 9.28 Å². The summed E-state index contributed by atoms with van der Waals surface area (Å²) in [5.41, 5.74) is 6.32. The van der Waals surface area contributed by atoms with Gasteiger partial charge in [-0.05, 0) is 0 Å². The molecule has 0 aromatic carbocycles. The van der Waals surface area contributed by atoms with E-state index >= 15 is 0 Å². The summed E-state index contributed by atoms with van der Waals surface area (Å²) in [6.07, 6.45) is 3.75. The number of aliphatic carboxylic acids is 1. The number of carboxylic acids is 1. The number of quaternary nitrogens is 1. The predicted molar refractivity (Wildman–Crippen MR) is 48.9 cm³/mol. The Morgan fingerprint density at radius 2 is 2.38 bits per heavy atom. The topological polar surface area (TPSA) is 75.7 Å². The number of rotatable bonds is 3. The summed E-state index contributed by atoms with van der Waals surface area (Å²) in [6, 6.07) is -0.842. The van der Waals surface area contributed by atoms with E-state index in [1.54, 1.807) is 12.5 Å². The van der Waals surface area contributed by atoms with Crippen LogP contribution in [0.1, 0.15) is 6.42 Å². The second-order valence-corrected chi connectivity index (χ2v) is 3.57. The van der Waals surface area contributed by atoms with Gasteiger partial charge in [0.05, 0.1) is 26.7 Å². The van der Waals surface area contributed by atoms with Crippen LogP contribution < -0.4 is 5.73 Å². The van der Waals surface area contributed by atoms with Gasteiger partial charge in [-0.1, -0.05) is 0 Å². The molecule has 1 atom stereocenters. The van der Waals surface area contributed by atoms with Crippen LogP contribution in [-0.2, 0) is 4.79 Å². The van der Waals surface area contributed by atoms with E-state index in [0.717, 1.165) is 5.70 Å². The number of nitrogens with two attached hydrogens (primary N) is 1. The van der Waals surface area contributed by atoms with E-state index in [0.29, 0.717) is 10.9 Å². The molecule has 0 aromatic heterocycles. The minimum absolute atomic E-state index is 0.336. The molecule has 3 N–H and O–H groups in total. The zero-order chi connectivity index (χ0) is 10.1. The van der Waals surface area contributed by atoms with Gasteiger partial charge in [-0.15, -0.1) is 0 Å². The Morgan fingerprint density at radius 3 is 2.77 bits per heavy atom. The first-order valence-electron chi connectivity index (χ1n) is 3.99. The first kappa shape index (κ1) is 9.88. The number of nitrogens with zero attached hydrogens (tertiary/aromatic N) is 2. The van der Waals surface area contributed by atoms with Crippen molar-refractivity contribution in [3.8, 4) is 0 Å². The smallest absolute Gasteiger partial charge is 0.321 e. The fraction of sp³-hybridized carbons (Fsp3) is 0.500. The molecule has 0 saturated heterocycles. The van der Waals surface area contributed by atoms with Gasteiger partial charge < -0.3 is 10.8 Å². The van der Waals surface area contributed by atoms with Crippen LogP contribution in [0.25, 0.3) is 0 Å². The van der Waals surface area contributed by atoms with E-state index < -0.39 is 12.0 Å². The second kappa shape index (κ2) is 3.27. The minimum Gasteiger partial charge on any atom is -0.480 e. The lowest BCUT2D eigenvalue weighted by atomic mass is 10.1. The Balaban J connectivity index is 2.62. The van der Waals surface area contributed by atoms with E-state index in [1.165, 1.54) is 0 Å². The zero-order valence-electron chi connectivity index (χ0n) is 7.77. The molecule has 0 spiro atoms. The highest BCUT2D eigenvalue weighted by Gasteiger charge is 2.28. The lowest BCUT2D eigenvalue weighted by Gasteiger charge is -2.22. The van der Waals surface area contributed by atoms with Crippen LogP contribution in [-0.4, -0.2) is 42.0 Å². The van der Waals surface area contributed by atoms with Gasteiger partial charge in [0.2, 0.25) is 0 Å². The molecule has 0 radical (unpaired) electrons.